The summed E-state index contributed by atoms with van der Waals surface area (Å²) in [5.41, 5.74) is 0.149. The number of carbonyl (C=O) groups is 1. The van der Waals surface area contributed by atoms with Gasteiger partial charge in [-0.15, -0.1) is 0 Å². The first kappa shape index (κ1) is 18.6. The maximum Gasteiger partial charge on any atom is 0.246 e. The lowest BCUT2D eigenvalue weighted by Crippen LogP contribution is -2.20. The molecule has 0 unspecified atom stereocenters. The second-order valence-electron chi connectivity index (χ2n) is 7.04. The number of benzene rings is 1. The standard InChI is InChI=1S/C20H22FN5OS/c21-16-10-4-5-11-17(16)22-18(27)14-25-20(28)26(24-12-6-7-13-24)19(23-25)15-8-2-1-3-9-15/h4-7,10-13,15H,1-3,8-9,14H2,(H,22,27). The van der Waals surface area contributed by atoms with E-state index in [9.17, 15) is 9.18 Å². The number of amides is 1. The Labute approximate surface area is 167 Å². The van der Waals surface area contributed by atoms with Crippen LogP contribution in [0.5, 0.6) is 0 Å². The minimum atomic E-state index is -0.472. The largest absolute Gasteiger partial charge is 0.322 e. The van der Waals surface area contributed by atoms with Crippen molar-refractivity contribution in [2.24, 2.45) is 0 Å². The van der Waals surface area contributed by atoms with Crippen molar-refractivity contribution in [3.8, 4) is 0 Å². The number of hydrogen-bond donors (Lipinski definition) is 1. The number of hydrogen-bond acceptors (Lipinski definition) is 3. The number of halogens is 1. The third-order valence-corrected chi connectivity index (χ3v) is 5.46. The first-order valence-electron chi connectivity index (χ1n) is 9.51. The predicted octanol–water partition coefficient (Wildman–Crippen LogP) is 4.35. The maximum absolute atomic E-state index is 13.8. The van der Waals surface area contributed by atoms with Crippen molar-refractivity contribution < 1.29 is 9.18 Å². The zero-order valence-corrected chi connectivity index (χ0v) is 16.2. The van der Waals surface area contributed by atoms with Crippen molar-refractivity contribution in [2.75, 3.05) is 5.32 Å². The second kappa shape index (κ2) is 8.10. The van der Waals surface area contributed by atoms with Crippen molar-refractivity contribution >= 4 is 23.8 Å². The summed E-state index contributed by atoms with van der Waals surface area (Å²) < 4.78 is 19.6. The molecule has 28 heavy (non-hydrogen) atoms. The summed E-state index contributed by atoms with van der Waals surface area (Å²) in [4.78, 5) is 12.5. The number of anilines is 1. The van der Waals surface area contributed by atoms with Crippen LogP contribution in [0.1, 0.15) is 43.8 Å². The topological polar surface area (TPSA) is 56.8 Å². The molecule has 0 aliphatic heterocycles. The van der Waals surface area contributed by atoms with Crippen LogP contribution in [0.4, 0.5) is 10.1 Å². The molecule has 2 aromatic heterocycles. The fourth-order valence-corrected chi connectivity index (χ4v) is 3.99. The zero-order chi connectivity index (χ0) is 19.5. The highest BCUT2D eigenvalue weighted by Gasteiger charge is 2.24. The number of nitrogens with one attached hydrogen (secondary N) is 1. The Balaban J connectivity index is 1.63. The molecule has 1 N–H and O–H groups in total. The van der Waals surface area contributed by atoms with Gasteiger partial charge in [-0.3, -0.25) is 9.47 Å². The molecule has 1 amide bonds. The van der Waals surface area contributed by atoms with Gasteiger partial charge in [0.25, 0.3) is 0 Å². The van der Waals surface area contributed by atoms with Crippen LogP contribution in [-0.4, -0.2) is 25.0 Å². The molecule has 3 aromatic rings. The van der Waals surface area contributed by atoms with E-state index >= 15 is 0 Å². The maximum atomic E-state index is 13.8. The van der Waals surface area contributed by atoms with Gasteiger partial charge in [-0.1, -0.05) is 31.4 Å². The molecule has 1 aliphatic carbocycles. The molecule has 2 heterocycles. The normalized spacial score (nSPS) is 14.9. The van der Waals surface area contributed by atoms with Crippen LogP contribution in [0.2, 0.25) is 0 Å². The Morgan fingerprint density at radius 2 is 1.86 bits per heavy atom. The van der Waals surface area contributed by atoms with Crippen LogP contribution in [0.25, 0.3) is 0 Å². The fraction of sp³-hybridized carbons (Fsp3) is 0.350. The van der Waals surface area contributed by atoms with Gasteiger partial charge >= 0.3 is 0 Å². The van der Waals surface area contributed by atoms with Gasteiger partial charge in [-0.2, -0.15) is 5.10 Å². The van der Waals surface area contributed by atoms with Crippen LogP contribution in [0, 0.1) is 10.6 Å². The van der Waals surface area contributed by atoms with E-state index in [1.165, 1.54) is 36.1 Å². The summed E-state index contributed by atoms with van der Waals surface area (Å²) in [6.07, 6.45) is 9.53. The van der Waals surface area contributed by atoms with E-state index in [0.717, 1.165) is 18.7 Å². The quantitative estimate of drug-likeness (QED) is 0.649. The Morgan fingerprint density at radius 3 is 2.57 bits per heavy atom. The first-order valence-corrected chi connectivity index (χ1v) is 9.92. The molecular weight excluding hydrogens is 377 g/mol. The van der Waals surface area contributed by atoms with Crippen molar-refractivity contribution in [1.82, 2.24) is 19.1 Å². The molecule has 146 valence electrons. The number of nitrogens with zero attached hydrogens (tertiary/aromatic N) is 4. The Morgan fingerprint density at radius 1 is 1.14 bits per heavy atom. The van der Waals surface area contributed by atoms with Gasteiger partial charge in [-0.25, -0.2) is 13.7 Å². The van der Waals surface area contributed by atoms with Gasteiger partial charge in [0.15, 0.2) is 5.82 Å². The van der Waals surface area contributed by atoms with E-state index in [1.807, 2.05) is 33.9 Å². The zero-order valence-electron chi connectivity index (χ0n) is 15.4. The van der Waals surface area contributed by atoms with Gasteiger partial charge in [0, 0.05) is 18.3 Å². The van der Waals surface area contributed by atoms with Gasteiger partial charge in [0.2, 0.25) is 10.7 Å². The Bertz CT molecular complexity index is 1020. The molecule has 4 rings (SSSR count). The third-order valence-electron chi connectivity index (χ3n) is 5.07. The monoisotopic (exact) mass is 399 g/mol. The highest BCUT2D eigenvalue weighted by atomic mass is 32.1. The molecule has 1 aliphatic rings. The molecular formula is C20H22FN5OS. The molecule has 1 saturated carbocycles. The van der Waals surface area contributed by atoms with E-state index in [4.69, 9.17) is 17.3 Å². The Hall–Kier alpha value is -2.74. The number of carbonyl (C=O) groups excluding carboxylic acids is 1. The molecule has 0 atom stereocenters. The summed E-state index contributed by atoms with van der Waals surface area (Å²) in [7, 11) is 0. The molecule has 8 heteroatoms. The van der Waals surface area contributed by atoms with Crippen molar-refractivity contribution in [2.45, 2.75) is 44.6 Å². The average molecular weight is 399 g/mol. The summed E-state index contributed by atoms with van der Waals surface area (Å²) in [5, 5.41) is 7.29. The lowest BCUT2D eigenvalue weighted by molar-refractivity contribution is -0.117. The number of para-hydroxylation sites is 1. The minimum absolute atomic E-state index is 0.0683. The SMILES string of the molecule is O=C(Cn1nc(C2CCCCC2)n(-n2cccc2)c1=S)Nc1ccccc1F. The second-order valence-corrected chi connectivity index (χ2v) is 7.40. The Kier molecular flexibility index (Phi) is 5.38. The van der Waals surface area contributed by atoms with Gasteiger partial charge < -0.3 is 5.32 Å². The van der Waals surface area contributed by atoms with Crippen LogP contribution < -0.4 is 5.32 Å². The molecule has 1 fully saturated rings. The van der Waals surface area contributed by atoms with E-state index in [1.54, 1.807) is 12.1 Å². The summed E-state index contributed by atoms with van der Waals surface area (Å²) >= 11 is 5.63. The van der Waals surface area contributed by atoms with Crippen LogP contribution in [-0.2, 0) is 11.3 Å². The predicted molar refractivity (Wildman–Crippen MR) is 107 cm³/mol. The molecule has 0 radical (unpaired) electrons. The minimum Gasteiger partial charge on any atom is -0.322 e. The summed E-state index contributed by atoms with van der Waals surface area (Å²) in [6.45, 7) is -0.0683. The smallest absolute Gasteiger partial charge is 0.246 e. The first-order chi connectivity index (χ1) is 13.6. The average Bonchev–Trinajstić information content (AvgIpc) is 3.33. The summed E-state index contributed by atoms with van der Waals surface area (Å²) in [5.74, 6) is 0.349. The van der Waals surface area contributed by atoms with Gasteiger partial charge in [0.1, 0.15) is 12.4 Å². The van der Waals surface area contributed by atoms with Gasteiger partial charge in [0.05, 0.1) is 5.69 Å². The van der Waals surface area contributed by atoms with E-state index in [0.29, 0.717) is 10.7 Å². The van der Waals surface area contributed by atoms with Crippen LogP contribution in [0.3, 0.4) is 0 Å². The van der Waals surface area contributed by atoms with Crippen molar-refractivity contribution in [3.63, 3.8) is 0 Å². The van der Waals surface area contributed by atoms with Crippen molar-refractivity contribution in [1.29, 1.82) is 0 Å². The highest BCUT2D eigenvalue weighted by molar-refractivity contribution is 7.71. The van der Waals surface area contributed by atoms with Crippen LogP contribution in [0.15, 0.2) is 48.8 Å². The molecule has 0 saturated heterocycles. The highest BCUT2D eigenvalue weighted by Crippen LogP contribution is 2.32. The molecule has 6 nitrogen and oxygen atoms in total. The fourth-order valence-electron chi connectivity index (χ4n) is 3.70. The molecule has 0 bridgehead atoms. The third kappa shape index (κ3) is 3.77. The number of rotatable bonds is 5. The van der Waals surface area contributed by atoms with E-state index in [-0.39, 0.29) is 18.1 Å². The number of aromatic nitrogens is 4. The molecule has 0 spiro atoms. The van der Waals surface area contributed by atoms with Crippen LogP contribution >= 0.6 is 12.2 Å². The van der Waals surface area contributed by atoms with Gasteiger partial charge in [-0.05, 0) is 49.3 Å². The van der Waals surface area contributed by atoms with E-state index in [2.05, 4.69) is 5.32 Å². The summed E-state index contributed by atoms with van der Waals surface area (Å²) in [6, 6.07) is 9.94. The van der Waals surface area contributed by atoms with Crippen molar-refractivity contribution in [3.05, 3.63) is 65.2 Å². The van der Waals surface area contributed by atoms with E-state index < -0.39 is 5.82 Å². The lowest BCUT2D eigenvalue weighted by Gasteiger charge is -2.21. The lowest BCUT2D eigenvalue weighted by atomic mass is 9.89. The molecule has 1 aromatic carbocycles.